The van der Waals surface area contributed by atoms with Gasteiger partial charge in [0, 0.05) is 6.54 Å². The van der Waals surface area contributed by atoms with Gasteiger partial charge < -0.3 is 4.74 Å². The standard InChI is InChI=1S/C26H28INO/c1-3-25(21-10-6-4-7-11-21)26(22-12-8-5-9-13-22)23-14-16-24(17-15-23)29-19-18-28(2)20-27/h4-17H,3,18-20H2,1-2H3/b26-25-. The lowest BCUT2D eigenvalue weighted by molar-refractivity contribution is 0.259. The first-order valence-corrected chi connectivity index (χ1v) is 11.6. The highest BCUT2D eigenvalue weighted by molar-refractivity contribution is 14.1. The molecule has 0 amide bonds. The topological polar surface area (TPSA) is 12.5 Å². The number of nitrogens with zero attached hydrogens (tertiary/aromatic N) is 1. The summed E-state index contributed by atoms with van der Waals surface area (Å²) < 4.78 is 6.93. The summed E-state index contributed by atoms with van der Waals surface area (Å²) in [6, 6.07) is 29.9. The fourth-order valence-electron chi connectivity index (χ4n) is 3.38. The smallest absolute Gasteiger partial charge is 0.119 e. The van der Waals surface area contributed by atoms with Crippen molar-refractivity contribution in [1.82, 2.24) is 4.90 Å². The van der Waals surface area contributed by atoms with Crippen LogP contribution in [0.4, 0.5) is 0 Å². The van der Waals surface area contributed by atoms with Crippen molar-refractivity contribution in [2.45, 2.75) is 13.3 Å². The van der Waals surface area contributed by atoms with E-state index in [-0.39, 0.29) is 0 Å². The Labute approximate surface area is 188 Å². The van der Waals surface area contributed by atoms with Gasteiger partial charge in [0.15, 0.2) is 0 Å². The van der Waals surface area contributed by atoms with Crippen molar-refractivity contribution in [2.75, 3.05) is 24.8 Å². The van der Waals surface area contributed by atoms with E-state index in [9.17, 15) is 0 Å². The molecule has 29 heavy (non-hydrogen) atoms. The molecule has 0 unspecified atom stereocenters. The first-order chi connectivity index (χ1) is 14.2. The van der Waals surface area contributed by atoms with Crippen molar-refractivity contribution >= 4 is 33.7 Å². The average Bonchev–Trinajstić information content (AvgIpc) is 2.79. The van der Waals surface area contributed by atoms with E-state index >= 15 is 0 Å². The van der Waals surface area contributed by atoms with Crippen LogP contribution in [0.1, 0.15) is 30.0 Å². The molecular formula is C26H28INO. The maximum absolute atomic E-state index is 5.93. The van der Waals surface area contributed by atoms with Crippen molar-refractivity contribution in [1.29, 1.82) is 0 Å². The Bertz CT molecular complexity index is 904. The summed E-state index contributed by atoms with van der Waals surface area (Å²) in [6.07, 6.45) is 0.967. The predicted molar refractivity (Wildman–Crippen MR) is 133 cm³/mol. The molecular weight excluding hydrogens is 469 g/mol. The Hall–Kier alpha value is -2.11. The molecule has 0 radical (unpaired) electrons. The molecule has 3 aromatic carbocycles. The van der Waals surface area contributed by atoms with Crippen molar-refractivity contribution in [2.24, 2.45) is 0 Å². The molecule has 0 saturated carbocycles. The molecule has 0 aliphatic rings. The van der Waals surface area contributed by atoms with Gasteiger partial charge in [-0.05, 0) is 53.4 Å². The van der Waals surface area contributed by atoms with Gasteiger partial charge in [0.05, 0.1) is 4.55 Å². The van der Waals surface area contributed by atoms with Crippen LogP contribution in [0, 0.1) is 0 Å². The normalized spacial score (nSPS) is 12.0. The molecule has 3 rings (SSSR count). The van der Waals surface area contributed by atoms with E-state index in [0.29, 0.717) is 6.61 Å². The van der Waals surface area contributed by atoms with Crippen molar-refractivity contribution in [3.05, 3.63) is 102 Å². The lowest BCUT2D eigenvalue weighted by Gasteiger charge is -2.17. The molecule has 0 spiro atoms. The highest BCUT2D eigenvalue weighted by Crippen LogP contribution is 2.34. The summed E-state index contributed by atoms with van der Waals surface area (Å²) in [5, 5.41) is 0. The van der Waals surface area contributed by atoms with Gasteiger partial charge in [0.2, 0.25) is 0 Å². The van der Waals surface area contributed by atoms with Crippen molar-refractivity contribution < 1.29 is 4.74 Å². The summed E-state index contributed by atoms with van der Waals surface area (Å²) in [7, 11) is 2.10. The average molecular weight is 497 g/mol. The maximum atomic E-state index is 5.93. The molecule has 0 atom stereocenters. The molecule has 0 aromatic heterocycles. The maximum Gasteiger partial charge on any atom is 0.119 e. The zero-order valence-electron chi connectivity index (χ0n) is 17.1. The van der Waals surface area contributed by atoms with Crippen molar-refractivity contribution in [3.8, 4) is 5.75 Å². The summed E-state index contributed by atoms with van der Waals surface area (Å²) in [6.45, 7) is 3.85. The lowest BCUT2D eigenvalue weighted by atomic mass is 9.88. The molecule has 3 aromatic rings. The van der Waals surface area contributed by atoms with E-state index in [2.05, 4.69) is 126 Å². The number of hydrogen-bond donors (Lipinski definition) is 0. The number of allylic oxidation sites excluding steroid dienone is 1. The van der Waals surface area contributed by atoms with Gasteiger partial charge in [0.1, 0.15) is 12.4 Å². The summed E-state index contributed by atoms with van der Waals surface area (Å²) in [5.41, 5.74) is 6.37. The zero-order valence-corrected chi connectivity index (χ0v) is 19.3. The van der Waals surface area contributed by atoms with E-state index in [4.69, 9.17) is 4.74 Å². The van der Waals surface area contributed by atoms with Crippen LogP contribution in [0.5, 0.6) is 5.75 Å². The monoisotopic (exact) mass is 497 g/mol. The third kappa shape index (κ3) is 5.94. The number of rotatable bonds is 9. The lowest BCUT2D eigenvalue weighted by Crippen LogP contribution is -2.22. The second-order valence-electron chi connectivity index (χ2n) is 7.01. The minimum absolute atomic E-state index is 0.699. The number of benzene rings is 3. The Morgan fingerprint density at radius 2 is 1.34 bits per heavy atom. The largest absolute Gasteiger partial charge is 0.492 e. The molecule has 2 nitrogen and oxygen atoms in total. The van der Waals surface area contributed by atoms with E-state index < -0.39 is 0 Å². The van der Waals surface area contributed by atoms with E-state index in [1.807, 2.05) is 0 Å². The minimum Gasteiger partial charge on any atom is -0.492 e. The SMILES string of the molecule is CC/C(=C(\c1ccccc1)c1ccc(OCCN(C)CI)cc1)c1ccccc1. The predicted octanol–water partition coefficient (Wildman–Crippen LogP) is 6.76. The fraction of sp³-hybridized carbons (Fsp3) is 0.231. The first-order valence-electron chi connectivity index (χ1n) is 10.0. The Balaban J connectivity index is 1.94. The van der Waals surface area contributed by atoms with Crippen LogP contribution in [-0.2, 0) is 0 Å². The molecule has 0 heterocycles. The van der Waals surface area contributed by atoms with Gasteiger partial charge in [-0.3, -0.25) is 4.90 Å². The minimum atomic E-state index is 0.699. The van der Waals surface area contributed by atoms with Gasteiger partial charge in [-0.1, -0.05) is 102 Å². The Morgan fingerprint density at radius 1 is 0.793 bits per heavy atom. The van der Waals surface area contributed by atoms with Crippen LogP contribution in [0.2, 0.25) is 0 Å². The molecule has 0 aliphatic heterocycles. The Kier molecular flexibility index (Phi) is 8.32. The summed E-state index contributed by atoms with van der Waals surface area (Å²) in [5.74, 6) is 0.917. The van der Waals surface area contributed by atoms with Gasteiger partial charge >= 0.3 is 0 Å². The molecule has 150 valence electrons. The van der Waals surface area contributed by atoms with Gasteiger partial charge in [-0.25, -0.2) is 0 Å². The van der Waals surface area contributed by atoms with Gasteiger partial charge in [-0.15, -0.1) is 0 Å². The Morgan fingerprint density at radius 3 is 1.90 bits per heavy atom. The second-order valence-corrected chi connectivity index (χ2v) is 7.69. The number of alkyl halides is 1. The number of likely N-dealkylation sites (N-methyl/N-ethyl adjacent to an activating group) is 1. The number of halogens is 1. The van der Waals surface area contributed by atoms with Gasteiger partial charge in [-0.2, -0.15) is 0 Å². The second kappa shape index (κ2) is 11.2. The van der Waals surface area contributed by atoms with Gasteiger partial charge in [0.25, 0.3) is 0 Å². The first kappa shape index (κ1) is 21.6. The fourth-order valence-corrected chi connectivity index (χ4v) is 3.72. The summed E-state index contributed by atoms with van der Waals surface area (Å²) >= 11 is 2.36. The molecule has 0 fully saturated rings. The van der Waals surface area contributed by atoms with Crippen molar-refractivity contribution in [3.63, 3.8) is 0 Å². The molecule has 0 aliphatic carbocycles. The van der Waals surface area contributed by atoms with Crippen LogP contribution in [0.3, 0.4) is 0 Å². The quantitative estimate of drug-likeness (QED) is 0.140. The van der Waals surface area contributed by atoms with E-state index in [0.717, 1.165) is 23.3 Å². The molecule has 0 bridgehead atoms. The summed E-state index contributed by atoms with van der Waals surface area (Å²) in [4.78, 5) is 2.23. The van der Waals surface area contributed by atoms with Crippen LogP contribution in [0.15, 0.2) is 84.9 Å². The highest BCUT2D eigenvalue weighted by atomic mass is 127. The molecule has 3 heteroatoms. The van der Waals surface area contributed by atoms with E-state index in [1.54, 1.807) is 0 Å². The van der Waals surface area contributed by atoms with Crippen LogP contribution in [0.25, 0.3) is 11.1 Å². The third-order valence-electron chi connectivity index (χ3n) is 4.93. The highest BCUT2D eigenvalue weighted by Gasteiger charge is 2.13. The number of ether oxygens (including phenoxy) is 1. The van der Waals surface area contributed by atoms with Crippen LogP contribution < -0.4 is 4.74 Å². The number of hydrogen-bond acceptors (Lipinski definition) is 2. The third-order valence-corrected chi connectivity index (χ3v) is 6.09. The molecule has 0 saturated heterocycles. The van der Waals surface area contributed by atoms with Crippen LogP contribution >= 0.6 is 22.6 Å². The zero-order chi connectivity index (χ0) is 20.5. The molecule has 0 N–H and O–H groups in total. The van der Waals surface area contributed by atoms with E-state index in [1.165, 1.54) is 27.8 Å². The van der Waals surface area contributed by atoms with Crippen LogP contribution in [-0.4, -0.2) is 29.7 Å².